The van der Waals surface area contributed by atoms with Gasteiger partial charge in [0.25, 0.3) is 0 Å². The SMILES string of the molecule is COc1cc(N2C(=O)CCC2(C)C)ccc1-n1ccc(=O)c(/C(=C/C=N)Nc2ccccc2)n1. The van der Waals surface area contributed by atoms with Gasteiger partial charge in [0, 0.05) is 47.9 Å². The number of hydrogen-bond donors (Lipinski definition) is 2. The maximum Gasteiger partial charge on any atom is 0.227 e. The van der Waals surface area contributed by atoms with E-state index in [-0.39, 0.29) is 22.6 Å². The third-order valence-electron chi connectivity index (χ3n) is 5.84. The zero-order chi connectivity index (χ0) is 24.3. The molecule has 0 spiro atoms. The summed E-state index contributed by atoms with van der Waals surface area (Å²) in [6, 6.07) is 16.3. The maximum absolute atomic E-state index is 12.7. The smallest absolute Gasteiger partial charge is 0.227 e. The van der Waals surface area contributed by atoms with Gasteiger partial charge in [-0.15, -0.1) is 0 Å². The van der Waals surface area contributed by atoms with E-state index in [0.717, 1.165) is 24.0 Å². The molecule has 8 heteroatoms. The second-order valence-electron chi connectivity index (χ2n) is 8.61. The molecule has 174 valence electrons. The lowest BCUT2D eigenvalue weighted by Crippen LogP contribution is -2.40. The molecule has 0 unspecified atom stereocenters. The summed E-state index contributed by atoms with van der Waals surface area (Å²) >= 11 is 0. The van der Waals surface area contributed by atoms with E-state index >= 15 is 0 Å². The summed E-state index contributed by atoms with van der Waals surface area (Å²) in [5, 5.41) is 15.2. The normalized spacial score (nSPS) is 15.3. The number of allylic oxidation sites excluding steroid dienone is 1. The number of anilines is 2. The van der Waals surface area contributed by atoms with Crippen molar-refractivity contribution in [1.82, 2.24) is 9.78 Å². The fraction of sp³-hybridized carbons (Fsp3) is 0.231. The van der Waals surface area contributed by atoms with Crippen molar-refractivity contribution in [3.05, 3.63) is 82.8 Å². The number of amides is 1. The number of aromatic nitrogens is 2. The summed E-state index contributed by atoms with van der Waals surface area (Å²) in [5.41, 5.74) is 2.15. The molecule has 0 radical (unpaired) electrons. The third kappa shape index (κ3) is 4.47. The van der Waals surface area contributed by atoms with Crippen LogP contribution in [0, 0.1) is 5.41 Å². The van der Waals surface area contributed by atoms with Gasteiger partial charge in [-0.1, -0.05) is 18.2 Å². The molecule has 1 aliphatic heterocycles. The Bertz CT molecular complexity index is 1310. The molecule has 0 aliphatic carbocycles. The molecule has 1 fully saturated rings. The molecule has 2 aromatic carbocycles. The molecule has 0 atom stereocenters. The van der Waals surface area contributed by atoms with E-state index in [1.54, 1.807) is 22.9 Å². The van der Waals surface area contributed by atoms with Crippen LogP contribution in [0.3, 0.4) is 0 Å². The number of benzene rings is 2. The van der Waals surface area contributed by atoms with E-state index in [1.807, 2.05) is 62.4 Å². The number of nitrogens with one attached hydrogen (secondary N) is 2. The molecule has 8 nitrogen and oxygen atoms in total. The van der Waals surface area contributed by atoms with Crippen LogP contribution in [0.15, 0.2) is 71.7 Å². The standard InChI is InChI=1S/C26H27N5O3/c1-26(2)14-11-24(33)31(26)19-9-10-21(23(17-19)34-3)30-16-13-22(32)25(29-30)20(12-15-27)28-18-7-5-4-6-8-18/h4-10,12-13,15-17,27-28H,11,14H2,1-3H3/b20-12-,27-15?. The predicted molar refractivity (Wildman–Crippen MR) is 134 cm³/mol. The Labute approximate surface area is 198 Å². The molecular formula is C26H27N5O3. The zero-order valence-electron chi connectivity index (χ0n) is 19.4. The molecule has 34 heavy (non-hydrogen) atoms. The Morgan fingerprint density at radius 3 is 2.56 bits per heavy atom. The lowest BCUT2D eigenvalue weighted by atomic mass is 10.0. The van der Waals surface area contributed by atoms with Crippen molar-refractivity contribution < 1.29 is 9.53 Å². The van der Waals surface area contributed by atoms with Crippen molar-refractivity contribution in [2.75, 3.05) is 17.3 Å². The highest BCUT2D eigenvalue weighted by atomic mass is 16.5. The minimum absolute atomic E-state index is 0.0805. The average Bonchev–Trinajstić information content (AvgIpc) is 3.11. The molecule has 1 saturated heterocycles. The van der Waals surface area contributed by atoms with Gasteiger partial charge in [0.2, 0.25) is 11.3 Å². The quantitative estimate of drug-likeness (QED) is 0.517. The molecular weight excluding hydrogens is 430 g/mol. The van der Waals surface area contributed by atoms with Crippen molar-refractivity contribution in [2.24, 2.45) is 0 Å². The van der Waals surface area contributed by atoms with Crippen LogP contribution in [0.5, 0.6) is 5.75 Å². The Kier molecular flexibility index (Phi) is 6.32. The number of ether oxygens (including phenoxy) is 1. The van der Waals surface area contributed by atoms with Crippen molar-refractivity contribution in [3.63, 3.8) is 0 Å². The van der Waals surface area contributed by atoms with Crippen LogP contribution in [0.25, 0.3) is 11.4 Å². The summed E-state index contributed by atoms with van der Waals surface area (Å²) in [5.74, 6) is 0.598. The summed E-state index contributed by atoms with van der Waals surface area (Å²) in [4.78, 5) is 27.0. The van der Waals surface area contributed by atoms with Gasteiger partial charge in [-0.2, -0.15) is 5.10 Å². The predicted octanol–water partition coefficient (Wildman–Crippen LogP) is 4.25. The number of carbonyl (C=O) groups is 1. The number of rotatable bonds is 7. The molecule has 2 heterocycles. The van der Waals surface area contributed by atoms with E-state index in [0.29, 0.717) is 23.6 Å². The van der Waals surface area contributed by atoms with Crippen molar-refractivity contribution >= 4 is 29.2 Å². The van der Waals surface area contributed by atoms with Gasteiger partial charge in [0.15, 0.2) is 5.69 Å². The van der Waals surface area contributed by atoms with Crippen molar-refractivity contribution in [1.29, 1.82) is 5.41 Å². The van der Waals surface area contributed by atoms with E-state index in [2.05, 4.69) is 10.4 Å². The number of hydrogen-bond acceptors (Lipinski definition) is 6. The van der Waals surface area contributed by atoms with Crippen LogP contribution >= 0.6 is 0 Å². The van der Waals surface area contributed by atoms with Crippen LogP contribution in [0.1, 0.15) is 32.4 Å². The number of nitrogens with zero attached hydrogens (tertiary/aromatic N) is 3. The Morgan fingerprint density at radius 1 is 1.15 bits per heavy atom. The van der Waals surface area contributed by atoms with E-state index in [4.69, 9.17) is 10.1 Å². The van der Waals surface area contributed by atoms with Crippen LogP contribution in [0.4, 0.5) is 11.4 Å². The lowest BCUT2D eigenvalue weighted by Gasteiger charge is -2.32. The van der Waals surface area contributed by atoms with Crippen molar-refractivity contribution in [2.45, 2.75) is 32.2 Å². The highest BCUT2D eigenvalue weighted by Crippen LogP contribution is 2.37. The van der Waals surface area contributed by atoms with E-state index in [9.17, 15) is 9.59 Å². The minimum atomic E-state index is -0.284. The van der Waals surface area contributed by atoms with Crippen LogP contribution in [-0.2, 0) is 4.79 Å². The van der Waals surface area contributed by atoms with Gasteiger partial charge in [0.05, 0.1) is 12.8 Å². The molecule has 1 aromatic heterocycles. The summed E-state index contributed by atoms with van der Waals surface area (Å²) in [6.07, 6.45) is 5.46. The molecule has 1 aliphatic rings. The molecule has 0 saturated carbocycles. The van der Waals surface area contributed by atoms with Crippen molar-refractivity contribution in [3.8, 4) is 11.4 Å². The summed E-state index contributed by atoms with van der Waals surface area (Å²) in [7, 11) is 1.56. The second kappa shape index (κ2) is 9.35. The Balaban J connectivity index is 1.75. The third-order valence-corrected chi connectivity index (χ3v) is 5.84. The molecule has 1 amide bonds. The first kappa shape index (κ1) is 23.0. The summed E-state index contributed by atoms with van der Waals surface area (Å²) < 4.78 is 7.19. The van der Waals surface area contributed by atoms with Gasteiger partial charge in [-0.3, -0.25) is 9.59 Å². The Morgan fingerprint density at radius 2 is 1.91 bits per heavy atom. The first-order valence-electron chi connectivity index (χ1n) is 11.0. The number of para-hydroxylation sites is 1. The topological polar surface area (TPSA) is 100 Å². The fourth-order valence-corrected chi connectivity index (χ4v) is 4.13. The van der Waals surface area contributed by atoms with Gasteiger partial charge in [-0.25, -0.2) is 4.68 Å². The van der Waals surface area contributed by atoms with Gasteiger partial charge in [0.1, 0.15) is 11.4 Å². The number of methoxy groups -OCH3 is 1. The molecule has 2 N–H and O–H groups in total. The maximum atomic E-state index is 12.7. The van der Waals surface area contributed by atoms with E-state index < -0.39 is 0 Å². The number of carbonyl (C=O) groups excluding carboxylic acids is 1. The average molecular weight is 458 g/mol. The minimum Gasteiger partial charge on any atom is -0.494 e. The molecule has 4 rings (SSSR count). The monoisotopic (exact) mass is 457 g/mol. The highest BCUT2D eigenvalue weighted by Gasteiger charge is 2.38. The Hall–Kier alpha value is -4.20. The first-order chi connectivity index (χ1) is 16.3. The summed E-state index contributed by atoms with van der Waals surface area (Å²) in [6.45, 7) is 4.09. The second-order valence-corrected chi connectivity index (χ2v) is 8.61. The first-order valence-corrected chi connectivity index (χ1v) is 11.0. The van der Waals surface area contributed by atoms with Gasteiger partial charge < -0.3 is 20.4 Å². The van der Waals surface area contributed by atoms with E-state index in [1.165, 1.54) is 12.1 Å². The largest absolute Gasteiger partial charge is 0.494 e. The van der Waals surface area contributed by atoms with Crippen LogP contribution in [-0.4, -0.2) is 34.6 Å². The van der Waals surface area contributed by atoms with Crippen LogP contribution < -0.4 is 20.4 Å². The molecule has 3 aromatic rings. The zero-order valence-corrected chi connectivity index (χ0v) is 19.4. The van der Waals surface area contributed by atoms with Crippen LogP contribution in [0.2, 0.25) is 0 Å². The van der Waals surface area contributed by atoms with Gasteiger partial charge in [-0.05, 0) is 50.6 Å². The fourth-order valence-electron chi connectivity index (χ4n) is 4.13. The highest BCUT2D eigenvalue weighted by molar-refractivity contribution is 5.97. The van der Waals surface area contributed by atoms with Gasteiger partial charge >= 0.3 is 0 Å². The molecule has 0 bridgehead atoms. The lowest BCUT2D eigenvalue weighted by molar-refractivity contribution is -0.117.